The molecule has 0 radical (unpaired) electrons. The summed E-state index contributed by atoms with van der Waals surface area (Å²) in [6.45, 7) is 4.48. The van der Waals surface area contributed by atoms with Crippen molar-refractivity contribution in [3.63, 3.8) is 0 Å². The van der Waals surface area contributed by atoms with Crippen molar-refractivity contribution in [2.24, 2.45) is 0 Å². The summed E-state index contributed by atoms with van der Waals surface area (Å²) >= 11 is 0. The monoisotopic (exact) mass is 204 g/mol. The first-order valence-electron chi connectivity index (χ1n) is 5.83. The Kier molecular flexibility index (Phi) is 2.85. The maximum atomic E-state index is 6.03. The minimum atomic E-state index is 0.528. The molecule has 1 aliphatic carbocycles. The molecule has 2 nitrogen and oxygen atoms in total. The Morgan fingerprint density at radius 2 is 1.93 bits per heavy atom. The number of hydrogen-bond acceptors (Lipinski definition) is 2. The van der Waals surface area contributed by atoms with Crippen LogP contribution in [0.15, 0.2) is 24.3 Å². The fourth-order valence-electron chi connectivity index (χ4n) is 2.28. The summed E-state index contributed by atoms with van der Waals surface area (Å²) in [5.41, 5.74) is 8.14. The Morgan fingerprint density at radius 3 is 2.40 bits per heavy atom. The molecule has 1 aromatic rings. The van der Waals surface area contributed by atoms with Gasteiger partial charge in [0.1, 0.15) is 0 Å². The fraction of sp³-hybridized carbons (Fsp3) is 0.538. The molecule has 1 aliphatic rings. The van der Waals surface area contributed by atoms with Crippen LogP contribution in [0.5, 0.6) is 0 Å². The quantitative estimate of drug-likeness (QED) is 0.767. The van der Waals surface area contributed by atoms with Crippen molar-refractivity contribution >= 4 is 11.4 Å². The Labute approximate surface area is 92.1 Å². The van der Waals surface area contributed by atoms with Gasteiger partial charge >= 0.3 is 0 Å². The van der Waals surface area contributed by atoms with Gasteiger partial charge in [0.2, 0.25) is 0 Å². The molecular formula is C13H20N2. The van der Waals surface area contributed by atoms with Gasteiger partial charge in [0.15, 0.2) is 0 Å². The molecule has 2 rings (SSSR count). The molecule has 15 heavy (non-hydrogen) atoms. The molecule has 0 unspecified atom stereocenters. The van der Waals surface area contributed by atoms with E-state index in [-0.39, 0.29) is 0 Å². The van der Waals surface area contributed by atoms with Gasteiger partial charge in [0.05, 0.1) is 11.4 Å². The predicted molar refractivity (Wildman–Crippen MR) is 66.1 cm³/mol. The Hall–Kier alpha value is -1.18. The number of anilines is 2. The first-order valence-corrected chi connectivity index (χ1v) is 5.83. The number of nitrogens with two attached hydrogens (primary N) is 1. The molecule has 0 saturated heterocycles. The summed E-state index contributed by atoms with van der Waals surface area (Å²) in [5, 5.41) is 0. The zero-order chi connectivity index (χ0) is 10.8. The molecule has 0 aromatic heterocycles. The lowest BCUT2D eigenvalue weighted by Crippen LogP contribution is -2.44. The van der Waals surface area contributed by atoms with Gasteiger partial charge in [-0.1, -0.05) is 12.1 Å². The molecule has 0 heterocycles. The maximum Gasteiger partial charge on any atom is 0.0604 e. The van der Waals surface area contributed by atoms with E-state index in [1.807, 2.05) is 12.1 Å². The van der Waals surface area contributed by atoms with Crippen LogP contribution in [-0.4, -0.2) is 12.1 Å². The summed E-state index contributed by atoms with van der Waals surface area (Å²) in [4.78, 5) is 2.47. The van der Waals surface area contributed by atoms with E-state index in [9.17, 15) is 0 Å². The molecule has 1 saturated carbocycles. The molecular weight excluding hydrogens is 184 g/mol. The second-order valence-corrected chi connectivity index (χ2v) is 4.64. The van der Waals surface area contributed by atoms with E-state index in [0.29, 0.717) is 12.1 Å². The lowest BCUT2D eigenvalue weighted by molar-refractivity contribution is 0.369. The molecule has 82 valence electrons. The fourth-order valence-corrected chi connectivity index (χ4v) is 2.28. The van der Waals surface area contributed by atoms with Crippen molar-refractivity contribution in [1.82, 2.24) is 0 Å². The summed E-state index contributed by atoms with van der Waals surface area (Å²) < 4.78 is 0. The van der Waals surface area contributed by atoms with Gasteiger partial charge < -0.3 is 10.6 Å². The minimum absolute atomic E-state index is 0.528. The Bertz CT molecular complexity index is 329. The van der Waals surface area contributed by atoms with Crippen LogP contribution < -0.4 is 10.6 Å². The highest BCUT2D eigenvalue weighted by molar-refractivity contribution is 5.68. The molecule has 0 spiro atoms. The smallest absolute Gasteiger partial charge is 0.0604 e. The van der Waals surface area contributed by atoms with Gasteiger partial charge in [-0.25, -0.2) is 0 Å². The van der Waals surface area contributed by atoms with Crippen molar-refractivity contribution < 1.29 is 0 Å². The molecule has 0 atom stereocenters. The molecule has 0 aliphatic heterocycles. The van der Waals surface area contributed by atoms with Crippen molar-refractivity contribution in [1.29, 1.82) is 0 Å². The van der Waals surface area contributed by atoms with Crippen molar-refractivity contribution in [2.75, 3.05) is 10.6 Å². The molecule has 0 bridgehead atoms. The Morgan fingerprint density at radius 1 is 1.27 bits per heavy atom. The number of para-hydroxylation sites is 2. The number of rotatable bonds is 3. The number of nitrogen functional groups attached to an aromatic ring is 1. The first-order chi connectivity index (χ1) is 7.20. The summed E-state index contributed by atoms with van der Waals surface area (Å²) in [7, 11) is 0. The molecule has 1 fully saturated rings. The number of benzene rings is 1. The van der Waals surface area contributed by atoms with Crippen LogP contribution in [0.25, 0.3) is 0 Å². The van der Waals surface area contributed by atoms with Gasteiger partial charge in [0.25, 0.3) is 0 Å². The second kappa shape index (κ2) is 4.13. The topological polar surface area (TPSA) is 29.3 Å². The summed E-state index contributed by atoms with van der Waals surface area (Å²) in [6, 6.07) is 9.42. The van der Waals surface area contributed by atoms with E-state index in [4.69, 9.17) is 5.73 Å². The maximum absolute atomic E-state index is 6.03. The van der Waals surface area contributed by atoms with E-state index in [2.05, 4.69) is 30.9 Å². The summed E-state index contributed by atoms with van der Waals surface area (Å²) in [5.74, 6) is 0. The van der Waals surface area contributed by atoms with Gasteiger partial charge in [-0.15, -0.1) is 0 Å². The van der Waals surface area contributed by atoms with Crippen LogP contribution in [0, 0.1) is 0 Å². The van der Waals surface area contributed by atoms with E-state index >= 15 is 0 Å². The second-order valence-electron chi connectivity index (χ2n) is 4.64. The highest BCUT2D eigenvalue weighted by atomic mass is 15.2. The van der Waals surface area contributed by atoms with Crippen molar-refractivity contribution in [3.05, 3.63) is 24.3 Å². The van der Waals surface area contributed by atoms with Crippen LogP contribution in [0.4, 0.5) is 11.4 Å². The first kappa shape index (κ1) is 10.3. The average molecular weight is 204 g/mol. The van der Waals surface area contributed by atoms with E-state index in [1.54, 1.807) is 0 Å². The molecule has 1 aromatic carbocycles. The largest absolute Gasteiger partial charge is 0.397 e. The van der Waals surface area contributed by atoms with Crippen LogP contribution >= 0.6 is 0 Å². The standard InChI is InChI=1S/C13H20N2/c1-10(2)15(11-6-5-7-11)13-9-4-3-8-12(13)14/h3-4,8-11H,5-7,14H2,1-2H3. The average Bonchev–Trinajstić information content (AvgIpc) is 2.12. The van der Waals surface area contributed by atoms with E-state index < -0.39 is 0 Å². The Balaban J connectivity index is 2.27. The lowest BCUT2D eigenvalue weighted by atomic mass is 9.90. The van der Waals surface area contributed by atoms with Gasteiger partial charge in [-0.05, 0) is 45.2 Å². The number of nitrogens with zero attached hydrogens (tertiary/aromatic N) is 1. The summed E-state index contributed by atoms with van der Waals surface area (Å²) in [6.07, 6.45) is 3.99. The van der Waals surface area contributed by atoms with E-state index in [0.717, 1.165) is 5.69 Å². The van der Waals surface area contributed by atoms with Gasteiger partial charge in [-0.2, -0.15) is 0 Å². The van der Waals surface area contributed by atoms with Crippen LogP contribution in [0.2, 0.25) is 0 Å². The zero-order valence-electron chi connectivity index (χ0n) is 9.61. The highest BCUT2D eigenvalue weighted by Gasteiger charge is 2.27. The van der Waals surface area contributed by atoms with Crippen molar-refractivity contribution in [2.45, 2.75) is 45.2 Å². The van der Waals surface area contributed by atoms with E-state index in [1.165, 1.54) is 24.9 Å². The van der Waals surface area contributed by atoms with Crippen molar-refractivity contribution in [3.8, 4) is 0 Å². The minimum Gasteiger partial charge on any atom is -0.397 e. The lowest BCUT2D eigenvalue weighted by Gasteiger charge is -2.42. The normalized spacial score (nSPS) is 16.5. The molecule has 2 heteroatoms. The predicted octanol–water partition coefficient (Wildman–Crippen LogP) is 3.04. The van der Waals surface area contributed by atoms with Crippen LogP contribution in [-0.2, 0) is 0 Å². The third-order valence-electron chi connectivity index (χ3n) is 3.24. The SMILES string of the molecule is CC(C)N(c1ccccc1N)C1CCC1. The zero-order valence-corrected chi connectivity index (χ0v) is 9.61. The van der Waals surface area contributed by atoms with Gasteiger partial charge in [0, 0.05) is 12.1 Å². The molecule has 0 amide bonds. The van der Waals surface area contributed by atoms with Gasteiger partial charge in [-0.3, -0.25) is 0 Å². The third kappa shape index (κ3) is 1.94. The molecule has 2 N–H and O–H groups in total. The van der Waals surface area contributed by atoms with Crippen LogP contribution in [0.1, 0.15) is 33.1 Å². The van der Waals surface area contributed by atoms with Crippen LogP contribution in [0.3, 0.4) is 0 Å². The third-order valence-corrected chi connectivity index (χ3v) is 3.24. The highest BCUT2D eigenvalue weighted by Crippen LogP contribution is 2.34. The number of hydrogen-bond donors (Lipinski definition) is 1.